The minimum Gasteiger partial charge on any atom is -0.506 e. The second kappa shape index (κ2) is 10.7. The summed E-state index contributed by atoms with van der Waals surface area (Å²) in [5.41, 5.74) is 2.88. The van der Waals surface area contributed by atoms with Gasteiger partial charge in [-0.3, -0.25) is 4.79 Å². The molecule has 0 heterocycles. The van der Waals surface area contributed by atoms with E-state index in [-0.39, 0.29) is 18.1 Å². The minimum atomic E-state index is -0.875. The molecule has 3 N–H and O–H groups in total. The summed E-state index contributed by atoms with van der Waals surface area (Å²) < 4.78 is 7.46. The van der Waals surface area contributed by atoms with Gasteiger partial charge in [0, 0.05) is 10.9 Å². The molecule has 0 aromatic heterocycles. The van der Waals surface area contributed by atoms with Crippen molar-refractivity contribution in [2.45, 2.75) is 52.7 Å². The van der Waals surface area contributed by atoms with Gasteiger partial charge in [-0.1, -0.05) is 0 Å². The number of nitrogens with one attached hydrogen (secondary N) is 2. The molecule has 0 saturated carbocycles. The van der Waals surface area contributed by atoms with Crippen molar-refractivity contribution in [2.24, 2.45) is 0 Å². The summed E-state index contributed by atoms with van der Waals surface area (Å²) in [6, 6.07) is 6.53. The molecular weight excluding hydrogens is 690 g/mol. The van der Waals surface area contributed by atoms with Crippen LogP contribution in [-0.2, 0) is 16.0 Å². The Morgan fingerprint density at radius 2 is 1.65 bits per heavy atom. The molecule has 0 fully saturated rings. The number of phenolic OH excluding ortho intramolecular Hbond substituents is 1. The molecule has 0 unspecified atom stereocenters. The van der Waals surface area contributed by atoms with Crippen LogP contribution in [0.1, 0.15) is 37.5 Å². The highest BCUT2D eigenvalue weighted by molar-refractivity contribution is 14.1. The van der Waals surface area contributed by atoms with Gasteiger partial charge in [0.15, 0.2) is 0 Å². The normalized spacial score (nSPS) is 12.3. The second-order valence-corrected chi connectivity index (χ2v) is 11.4. The largest absolute Gasteiger partial charge is 0.506 e. The topological polar surface area (TPSA) is 87.7 Å². The van der Waals surface area contributed by atoms with E-state index < -0.39 is 17.7 Å². The monoisotopic (exact) mass is 714 g/mol. The summed E-state index contributed by atoms with van der Waals surface area (Å²) in [7, 11) is 0. The molecule has 2 rings (SSSR count). The van der Waals surface area contributed by atoms with Crippen LogP contribution in [-0.4, -0.2) is 28.7 Å². The number of benzene rings is 2. The Kier molecular flexibility index (Phi) is 9.03. The van der Waals surface area contributed by atoms with E-state index in [1.54, 1.807) is 32.9 Å². The number of hydrogen-bond acceptors (Lipinski definition) is 4. The standard InChI is InChI=1S/C22H25BrI2N2O4/c1-11-6-14(23)17(7-12(11)2)26-20(29)18(27-21(30)31-22(3,4)5)10-13-8-15(24)19(28)16(25)9-13/h6-9,18,28H,10H2,1-5H3,(H,26,29)(H,27,30)/t18-/m0/s1. The zero-order valence-electron chi connectivity index (χ0n) is 17.9. The predicted molar refractivity (Wildman–Crippen MR) is 143 cm³/mol. The lowest BCUT2D eigenvalue weighted by molar-refractivity contribution is -0.118. The highest BCUT2D eigenvalue weighted by Crippen LogP contribution is 2.29. The van der Waals surface area contributed by atoms with E-state index in [4.69, 9.17) is 4.74 Å². The fourth-order valence-electron chi connectivity index (χ4n) is 2.73. The molecule has 0 aliphatic carbocycles. The molecule has 31 heavy (non-hydrogen) atoms. The van der Waals surface area contributed by atoms with E-state index in [0.717, 1.165) is 21.2 Å². The van der Waals surface area contributed by atoms with Crippen molar-refractivity contribution < 1.29 is 19.4 Å². The van der Waals surface area contributed by atoms with Gasteiger partial charge in [-0.25, -0.2) is 4.79 Å². The number of carbonyl (C=O) groups is 2. The summed E-state index contributed by atoms with van der Waals surface area (Å²) in [6.07, 6.45) is -0.435. The quantitative estimate of drug-likeness (QED) is 0.329. The number of halogens is 3. The Hall–Kier alpha value is -1.08. The van der Waals surface area contributed by atoms with E-state index in [1.807, 2.05) is 71.2 Å². The number of alkyl carbamates (subject to hydrolysis) is 1. The Morgan fingerprint density at radius 1 is 1.10 bits per heavy atom. The van der Waals surface area contributed by atoms with Crippen LogP contribution in [0.5, 0.6) is 5.75 Å². The smallest absolute Gasteiger partial charge is 0.408 e. The number of hydrogen-bond donors (Lipinski definition) is 3. The predicted octanol–water partition coefficient (Wildman–Crippen LogP) is 6.06. The van der Waals surface area contributed by atoms with Crippen molar-refractivity contribution in [1.82, 2.24) is 5.32 Å². The zero-order valence-corrected chi connectivity index (χ0v) is 23.8. The molecule has 0 bridgehead atoms. The van der Waals surface area contributed by atoms with Gasteiger partial charge in [-0.15, -0.1) is 0 Å². The third-order valence-electron chi connectivity index (χ3n) is 4.37. The first-order chi connectivity index (χ1) is 14.3. The summed E-state index contributed by atoms with van der Waals surface area (Å²) in [4.78, 5) is 25.6. The van der Waals surface area contributed by atoms with Crippen molar-refractivity contribution in [3.05, 3.63) is 52.6 Å². The van der Waals surface area contributed by atoms with Gasteiger partial charge in [0.25, 0.3) is 0 Å². The first-order valence-electron chi connectivity index (χ1n) is 9.51. The molecule has 6 nitrogen and oxygen atoms in total. The molecule has 168 valence electrons. The van der Waals surface area contributed by atoms with Crippen molar-refractivity contribution in [1.29, 1.82) is 0 Å². The van der Waals surface area contributed by atoms with Crippen molar-refractivity contribution in [3.8, 4) is 5.75 Å². The van der Waals surface area contributed by atoms with Gasteiger partial charge in [-0.05, 0) is 137 Å². The maximum absolute atomic E-state index is 13.1. The molecule has 0 aliphatic heterocycles. The van der Waals surface area contributed by atoms with Gasteiger partial charge >= 0.3 is 6.09 Å². The average molecular weight is 715 g/mol. The van der Waals surface area contributed by atoms with Gasteiger partial charge in [-0.2, -0.15) is 0 Å². The molecule has 2 amide bonds. The number of carbonyl (C=O) groups excluding carboxylic acids is 2. The number of ether oxygens (including phenoxy) is 1. The fraction of sp³-hybridized carbons (Fsp3) is 0.364. The van der Waals surface area contributed by atoms with E-state index in [9.17, 15) is 14.7 Å². The number of aryl methyl sites for hydroxylation is 2. The van der Waals surface area contributed by atoms with Crippen LogP contribution in [0.3, 0.4) is 0 Å². The lowest BCUT2D eigenvalue weighted by atomic mass is 10.0. The molecular formula is C22H25BrI2N2O4. The number of aromatic hydroxyl groups is 1. The van der Waals surface area contributed by atoms with Crippen LogP contribution in [0.4, 0.5) is 10.5 Å². The first kappa shape index (κ1) is 26.2. The molecule has 0 aliphatic rings. The number of rotatable bonds is 5. The lowest BCUT2D eigenvalue weighted by Crippen LogP contribution is -2.47. The minimum absolute atomic E-state index is 0.199. The third-order valence-corrected chi connectivity index (χ3v) is 6.67. The van der Waals surface area contributed by atoms with Crippen molar-refractivity contribution in [3.63, 3.8) is 0 Å². The molecule has 0 spiro atoms. The SMILES string of the molecule is Cc1cc(Br)c(NC(=O)[C@H](Cc2cc(I)c(O)c(I)c2)NC(=O)OC(C)(C)C)cc1C. The lowest BCUT2D eigenvalue weighted by Gasteiger charge is -2.24. The van der Waals surface area contributed by atoms with Crippen LogP contribution in [0.2, 0.25) is 0 Å². The number of amides is 2. The van der Waals surface area contributed by atoms with Gasteiger partial charge in [0.1, 0.15) is 17.4 Å². The summed E-state index contributed by atoms with van der Waals surface area (Å²) in [5, 5.41) is 15.6. The van der Waals surface area contributed by atoms with Crippen LogP contribution in [0.25, 0.3) is 0 Å². The molecule has 1 atom stereocenters. The first-order valence-corrected chi connectivity index (χ1v) is 12.5. The Morgan fingerprint density at radius 3 is 2.19 bits per heavy atom. The summed E-state index contributed by atoms with van der Waals surface area (Å²) >= 11 is 7.56. The number of phenols is 1. The highest BCUT2D eigenvalue weighted by atomic mass is 127. The van der Waals surface area contributed by atoms with E-state index in [0.29, 0.717) is 12.8 Å². The van der Waals surface area contributed by atoms with Crippen LogP contribution in [0, 0.1) is 21.0 Å². The van der Waals surface area contributed by atoms with Crippen molar-refractivity contribution in [2.75, 3.05) is 5.32 Å². The maximum atomic E-state index is 13.1. The molecule has 0 saturated heterocycles. The Bertz CT molecular complexity index is 983. The van der Waals surface area contributed by atoms with Crippen molar-refractivity contribution >= 4 is 78.8 Å². The molecule has 2 aromatic rings. The van der Waals surface area contributed by atoms with Crippen LogP contribution >= 0.6 is 61.1 Å². The highest BCUT2D eigenvalue weighted by Gasteiger charge is 2.26. The zero-order chi connectivity index (χ0) is 23.5. The van der Waals surface area contributed by atoms with E-state index in [2.05, 4.69) is 26.6 Å². The average Bonchev–Trinajstić information content (AvgIpc) is 2.62. The molecule has 9 heteroatoms. The van der Waals surface area contributed by atoms with Gasteiger partial charge in [0.2, 0.25) is 5.91 Å². The molecule has 0 radical (unpaired) electrons. The van der Waals surface area contributed by atoms with Crippen LogP contribution in [0.15, 0.2) is 28.7 Å². The Labute approximate surface area is 218 Å². The van der Waals surface area contributed by atoms with E-state index in [1.165, 1.54) is 0 Å². The second-order valence-electron chi connectivity index (χ2n) is 8.22. The third kappa shape index (κ3) is 7.77. The molecule has 2 aromatic carbocycles. The van der Waals surface area contributed by atoms with Gasteiger partial charge < -0.3 is 20.5 Å². The summed E-state index contributed by atoms with van der Waals surface area (Å²) in [5.74, 6) is -0.169. The van der Waals surface area contributed by atoms with Gasteiger partial charge in [0.05, 0.1) is 12.8 Å². The van der Waals surface area contributed by atoms with Crippen LogP contribution < -0.4 is 10.6 Å². The number of anilines is 1. The Balaban J connectivity index is 2.31. The fourth-order valence-corrected chi connectivity index (χ4v) is 5.18. The summed E-state index contributed by atoms with van der Waals surface area (Å²) in [6.45, 7) is 9.25. The van der Waals surface area contributed by atoms with E-state index >= 15 is 0 Å². The maximum Gasteiger partial charge on any atom is 0.408 e.